The van der Waals surface area contributed by atoms with Crippen molar-refractivity contribution >= 4 is 12.6 Å². The second-order valence-corrected chi connectivity index (χ2v) is 3.40. The normalized spacial score (nSPS) is 49.2. The van der Waals surface area contributed by atoms with E-state index in [1.165, 1.54) is 0 Å². The summed E-state index contributed by atoms with van der Waals surface area (Å²) in [6, 6.07) is -0.730. The average molecular weight is 195 g/mol. The van der Waals surface area contributed by atoms with Gasteiger partial charge >= 0.3 is 0 Å². The van der Waals surface area contributed by atoms with Crippen molar-refractivity contribution < 1.29 is 20.1 Å². The fraction of sp³-hybridized carbons (Fsp3) is 1.00. The lowest BCUT2D eigenvalue weighted by atomic mass is 10.0. The van der Waals surface area contributed by atoms with Gasteiger partial charge in [0, 0.05) is 0 Å². The van der Waals surface area contributed by atoms with Crippen LogP contribution in [-0.2, 0) is 4.74 Å². The number of rotatable bonds is 1. The van der Waals surface area contributed by atoms with Gasteiger partial charge in [0.1, 0.15) is 6.10 Å². The largest absolute Gasteiger partial charge is 0.394 e. The molecule has 0 aliphatic carbocycles. The molecule has 1 heterocycles. The van der Waals surface area contributed by atoms with E-state index in [4.69, 9.17) is 20.7 Å². The highest BCUT2D eigenvalue weighted by Crippen LogP contribution is 2.21. The highest BCUT2D eigenvalue weighted by atomic mass is 32.1. The molecule has 0 aromatic carbocycles. The lowest BCUT2D eigenvalue weighted by Crippen LogP contribution is -2.59. The molecule has 0 aromatic rings. The number of hydrogen-bond acceptors (Lipinski definition) is 6. The van der Waals surface area contributed by atoms with Crippen molar-refractivity contribution in [3.63, 3.8) is 0 Å². The zero-order valence-electron chi connectivity index (χ0n) is 6.37. The van der Waals surface area contributed by atoms with Crippen LogP contribution in [0.1, 0.15) is 0 Å². The van der Waals surface area contributed by atoms with Crippen LogP contribution in [0.25, 0.3) is 0 Å². The standard InChI is InChI=1S/C6H13NO4S/c7-3-5(12)4(9)2(1-8)11-6(3)10/h2-6,8-10,12H,1,7H2/t2-,3-,4-,5-,6?/m1/s1. The SMILES string of the molecule is N[C@H]1C(O)O[C@H](CO)[C@@H](O)[C@@H]1S. The molecule has 5 atom stereocenters. The molecule has 0 radical (unpaired) electrons. The van der Waals surface area contributed by atoms with Crippen LogP contribution in [0.5, 0.6) is 0 Å². The lowest BCUT2D eigenvalue weighted by molar-refractivity contribution is -0.213. The Morgan fingerprint density at radius 3 is 2.50 bits per heavy atom. The molecule has 6 heteroatoms. The number of thiol groups is 1. The number of aliphatic hydroxyl groups excluding tert-OH is 3. The van der Waals surface area contributed by atoms with Crippen molar-refractivity contribution in [2.45, 2.75) is 29.8 Å². The monoisotopic (exact) mass is 195 g/mol. The summed E-state index contributed by atoms with van der Waals surface area (Å²) in [6.45, 7) is -0.359. The summed E-state index contributed by atoms with van der Waals surface area (Å²) in [7, 11) is 0. The van der Waals surface area contributed by atoms with Crippen LogP contribution in [-0.4, -0.2) is 51.7 Å². The van der Waals surface area contributed by atoms with Gasteiger partial charge in [0.15, 0.2) is 6.29 Å². The topological polar surface area (TPSA) is 95.9 Å². The molecular formula is C6H13NO4S. The van der Waals surface area contributed by atoms with E-state index in [2.05, 4.69) is 12.6 Å². The molecule has 1 fully saturated rings. The van der Waals surface area contributed by atoms with Crippen molar-refractivity contribution in [3.8, 4) is 0 Å². The van der Waals surface area contributed by atoms with Crippen LogP contribution >= 0.6 is 12.6 Å². The average Bonchev–Trinajstić information content (AvgIpc) is 2.08. The Morgan fingerprint density at radius 1 is 1.42 bits per heavy atom. The molecule has 1 aliphatic rings. The van der Waals surface area contributed by atoms with E-state index in [1.54, 1.807) is 0 Å². The van der Waals surface area contributed by atoms with Crippen LogP contribution in [0.2, 0.25) is 0 Å². The summed E-state index contributed by atoms with van der Waals surface area (Å²) >= 11 is 4.00. The summed E-state index contributed by atoms with van der Waals surface area (Å²) in [5, 5.41) is 26.7. The molecular weight excluding hydrogens is 182 g/mol. The highest BCUT2D eigenvalue weighted by molar-refractivity contribution is 7.81. The Morgan fingerprint density at radius 2 is 2.00 bits per heavy atom. The maximum Gasteiger partial charge on any atom is 0.171 e. The quantitative estimate of drug-likeness (QED) is 0.303. The minimum absolute atomic E-state index is 0.359. The Hall–Kier alpha value is 0.150. The lowest BCUT2D eigenvalue weighted by Gasteiger charge is -2.38. The highest BCUT2D eigenvalue weighted by Gasteiger charge is 2.40. The molecule has 0 spiro atoms. The smallest absolute Gasteiger partial charge is 0.171 e. The molecule has 1 rings (SSSR count). The zero-order chi connectivity index (χ0) is 9.30. The van der Waals surface area contributed by atoms with Gasteiger partial charge < -0.3 is 25.8 Å². The van der Waals surface area contributed by atoms with Crippen LogP contribution in [0, 0.1) is 0 Å². The molecule has 5 nitrogen and oxygen atoms in total. The Labute approximate surface area is 75.5 Å². The molecule has 1 aliphatic heterocycles. The van der Waals surface area contributed by atoms with Crippen molar-refractivity contribution in [1.29, 1.82) is 0 Å². The van der Waals surface area contributed by atoms with Gasteiger partial charge in [-0.1, -0.05) is 0 Å². The van der Waals surface area contributed by atoms with Crippen molar-refractivity contribution in [2.24, 2.45) is 5.73 Å². The Bertz CT molecular complexity index is 154. The molecule has 12 heavy (non-hydrogen) atoms. The minimum Gasteiger partial charge on any atom is -0.394 e. The zero-order valence-corrected chi connectivity index (χ0v) is 7.26. The van der Waals surface area contributed by atoms with E-state index in [9.17, 15) is 5.11 Å². The van der Waals surface area contributed by atoms with E-state index in [0.717, 1.165) is 0 Å². The molecule has 0 saturated carbocycles. The summed E-state index contributed by atoms with van der Waals surface area (Å²) < 4.78 is 4.81. The third-order valence-electron chi connectivity index (χ3n) is 1.95. The van der Waals surface area contributed by atoms with Gasteiger partial charge in [-0.2, -0.15) is 12.6 Å². The van der Waals surface area contributed by atoms with Crippen LogP contribution in [0.15, 0.2) is 0 Å². The maximum absolute atomic E-state index is 9.37. The number of aliphatic hydroxyl groups is 3. The molecule has 72 valence electrons. The Balaban J connectivity index is 2.63. The first-order chi connectivity index (χ1) is 5.57. The first kappa shape index (κ1) is 10.2. The number of hydrogen-bond donors (Lipinski definition) is 5. The van der Waals surface area contributed by atoms with Gasteiger partial charge in [-0.15, -0.1) is 0 Å². The van der Waals surface area contributed by atoms with Crippen molar-refractivity contribution in [3.05, 3.63) is 0 Å². The van der Waals surface area contributed by atoms with Crippen LogP contribution < -0.4 is 5.73 Å². The molecule has 1 saturated heterocycles. The van der Waals surface area contributed by atoms with Crippen molar-refractivity contribution in [2.75, 3.05) is 6.61 Å². The fourth-order valence-electron chi connectivity index (χ4n) is 1.12. The molecule has 0 aromatic heterocycles. The maximum atomic E-state index is 9.37. The summed E-state index contributed by atoms with van der Waals surface area (Å²) in [6.07, 6.45) is -2.92. The predicted molar refractivity (Wildman–Crippen MR) is 44.7 cm³/mol. The third kappa shape index (κ3) is 1.73. The Kier molecular flexibility index (Phi) is 3.33. The van der Waals surface area contributed by atoms with Crippen LogP contribution in [0.4, 0.5) is 0 Å². The summed E-state index contributed by atoms with van der Waals surface area (Å²) in [5.74, 6) is 0. The second-order valence-electron chi connectivity index (χ2n) is 2.81. The molecule has 0 amide bonds. The number of ether oxygens (including phenoxy) is 1. The molecule has 1 unspecified atom stereocenters. The molecule has 5 N–H and O–H groups in total. The van der Waals surface area contributed by atoms with E-state index >= 15 is 0 Å². The predicted octanol–water partition coefficient (Wildman–Crippen LogP) is -2.32. The minimum atomic E-state index is -1.17. The second kappa shape index (κ2) is 3.91. The third-order valence-corrected chi connectivity index (χ3v) is 2.60. The fourth-order valence-corrected chi connectivity index (χ4v) is 1.46. The van der Waals surface area contributed by atoms with Gasteiger partial charge in [0.05, 0.1) is 24.0 Å². The van der Waals surface area contributed by atoms with E-state index in [1.807, 2.05) is 0 Å². The van der Waals surface area contributed by atoms with Gasteiger partial charge in [-0.05, 0) is 0 Å². The number of nitrogens with two attached hydrogens (primary N) is 1. The first-order valence-electron chi connectivity index (χ1n) is 3.64. The van der Waals surface area contributed by atoms with Crippen LogP contribution in [0.3, 0.4) is 0 Å². The van der Waals surface area contributed by atoms with Crippen molar-refractivity contribution in [1.82, 2.24) is 0 Å². The summed E-state index contributed by atoms with van der Waals surface area (Å²) in [4.78, 5) is 0. The van der Waals surface area contributed by atoms with Gasteiger partial charge in [-0.25, -0.2) is 0 Å². The van der Waals surface area contributed by atoms with E-state index < -0.39 is 29.8 Å². The van der Waals surface area contributed by atoms with E-state index in [0.29, 0.717) is 0 Å². The van der Waals surface area contributed by atoms with Gasteiger partial charge in [0.25, 0.3) is 0 Å². The first-order valence-corrected chi connectivity index (χ1v) is 4.15. The van der Waals surface area contributed by atoms with Gasteiger partial charge in [0.2, 0.25) is 0 Å². The summed E-state index contributed by atoms with van der Waals surface area (Å²) in [5.41, 5.74) is 5.44. The molecule has 0 bridgehead atoms. The van der Waals surface area contributed by atoms with E-state index in [-0.39, 0.29) is 6.61 Å². The van der Waals surface area contributed by atoms with Gasteiger partial charge in [-0.3, -0.25) is 0 Å².